The number of pyridine rings is 1. The summed E-state index contributed by atoms with van der Waals surface area (Å²) in [6, 6.07) is 12.8. The molecule has 2 aromatic rings. The molecule has 23 heavy (non-hydrogen) atoms. The molecule has 1 aliphatic heterocycles. The molecule has 0 saturated carbocycles. The molecule has 0 aliphatic carbocycles. The maximum atomic E-state index is 12.5. The summed E-state index contributed by atoms with van der Waals surface area (Å²) >= 11 is 2.21. The van der Waals surface area contributed by atoms with Gasteiger partial charge in [-0.15, -0.1) is 0 Å². The van der Waals surface area contributed by atoms with Crippen molar-refractivity contribution in [1.82, 2.24) is 9.88 Å². The van der Waals surface area contributed by atoms with Crippen molar-refractivity contribution in [3.05, 3.63) is 57.3 Å². The number of amides is 1. The highest BCUT2D eigenvalue weighted by Crippen LogP contribution is 2.19. The molecule has 3 rings (SSSR count). The number of carbonyl (C=O) groups excluding carboxylic acids is 1. The Morgan fingerprint density at radius 2 is 2.13 bits per heavy atom. The van der Waals surface area contributed by atoms with Gasteiger partial charge in [-0.3, -0.25) is 4.79 Å². The third-order valence-electron chi connectivity index (χ3n) is 3.67. The van der Waals surface area contributed by atoms with Crippen LogP contribution < -0.4 is 4.74 Å². The molecular formula is C17H14IN3O2. The Morgan fingerprint density at radius 3 is 2.87 bits per heavy atom. The first-order chi connectivity index (χ1) is 11.2. The molecule has 1 aliphatic rings. The monoisotopic (exact) mass is 419 g/mol. The summed E-state index contributed by atoms with van der Waals surface area (Å²) in [6.45, 7) is 1.19. The number of rotatable bonds is 3. The van der Waals surface area contributed by atoms with Crippen molar-refractivity contribution in [3.8, 4) is 11.9 Å². The van der Waals surface area contributed by atoms with Gasteiger partial charge in [-0.2, -0.15) is 5.26 Å². The lowest BCUT2D eigenvalue weighted by Gasteiger charge is -2.17. The minimum atomic E-state index is -0.0933. The Kier molecular flexibility index (Phi) is 4.76. The van der Waals surface area contributed by atoms with Crippen LogP contribution in [0.15, 0.2) is 42.6 Å². The molecule has 1 amide bonds. The van der Waals surface area contributed by atoms with Crippen LogP contribution in [-0.4, -0.2) is 35.0 Å². The number of hydrogen-bond donors (Lipinski definition) is 0. The first kappa shape index (κ1) is 15.7. The molecule has 2 heterocycles. The van der Waals surface area contributed by atoms with E-state index in [0.29, 0.717) is 30.1 Å². The minimum absolute atomic E-state index is 0.0197. The number of likely N-dealkylation sites (tertiary alicyclic amines) is 1. The Morgan fingerprint density at radius 1 is 1.35 bits per heavy atom. The van der Waals surface area contributed by atoms with Crippen molar-refractivity contribution in [1.29, 1.82) is 5.26 Å². The van der Waals surface area contributed by atoms with Crippen LogP contribution in [0.5, 0.6) is 5.88 Å². The first-order valence-electron chi connectivity index (χ1n) is 7.23. The van der Waals surface area contributed by atoms with E-state index in [-0.39, 0.29) is 12.0 Å². The number of nitriles is 1. The van der Waals surface area contributed by atoms with E-state index in [9.17, 15) is 4.79 Å². The molecule has 1 aromatic carbocycles. The minimum Gasteiger partial charge on any atom is -0.472 e. The molecule has 1 atom stereocenters. The number of aromatic nitrogens is 1. The number of benzene rings is 1. The Hall–Kier alpha value is -2.14. The molecule has 5 nitrogen and oxygen atoms in total. The number of hydrogen-bond acceptors (Lipinski definition) is 4. The Labute approximate surface area is 148 Å². The van der Waals surface area contributed by atoms with Gasteiger partial charge in [0.05, 0.1) is 18.2 Å². The maximum absolute atomic E-state index is 12.5. The lowest BCUT2D eigenvalue weighted by molar-refractivity contribution is 0.0771. The van der Waals surface area contributed by atoms with Gasteiger partial charge < -0.3 is 9.64 Å². The summed E-state index contributed by atoms with van der Waals surface area (Å²) in [4.78, 5) is 18.4. The topological polar surface area (TPSA) is 66.2 Å². The van der Waals surface area contributed by atoms with Gasteiger partial charge in [0.25, 0.3) is 5.91 Å². The summed E-state index contributed by atoms with van der Waals surface area (Å²) < 4.78 is 6.90. The van der Waals surface area contributed by atoms with E-state index >= 15 is 0 Å². The second kappa shape index (κ2) is 6.96. The number of carbonyl (C=O) groups is 1. The predicted molar refractivity (Wildman–Crippen MR) is 93.0 cm³/mol. The molecular weight excluding hydrogens is 405 g/mol. The zero-order chi connectivity index (χ0) is 16.2. The second-order valence-electron chi connectivity index (χ2n) is 5.28. The molecule has 0 radical (unpaired) electrons. The van der Waals surface area contributed by atoms with Crippen molar-refractivity contribution in [2.45, 2.75) is 12.5 Å². The van der Waals surface area contributed by atoms with Crippen LogP contribution in [0.25, 0.3) is 0 Å². The standard InChI is InChI=1S/C17H14IN3O2/c18-14-3-1-13(2-4-14)17(22)21-8-6-15(11-21)23-16-9-12(10-19)5-7-20-16/h1-5,7,9,15H,6,8,11H2. The van der Waals surface area contributed by atoms with E-state index in [1.165, 1.54) is 0 Å². The molecule has 1 unspecified atom stereocenters. The van der Waals surface area contributed by atoms with Crippen LogP contribution >= 0.6 is 22.6 Å². The van der Waals surface area contributed by atoms with Gasteiger partial charge in [0, 0.05) is 34.4 Å². The van der Waals surface area contributed by atoms with Gasteiger partial charge in [-0.05, 0) is 52.9 Å². The van der Waals surface area contributed by atoms with Crippen LogP contribution in [0.1, 0.15) is 22.3 Å². The largest absolute Gasteiger partial charge is 0.472 e. The van der Waals surface area contributed by atoms with E-state index < -0.39 is 0 Å². The Balaban J connectivity index is 1.63. The third-order valence-corrected chi connectivity index (χ3v) is 4.39. The summed E-state index contributed by atoms with van der Waals surface area (Å²) in [7, 11) is 0. The lowest BCUT2D eigenvalue weighted by Crippen LogP contribution is -2.31. The number of halogens is 1. The molecule has 0 N–H and O–H groups in total. The van der Waals surface area contributed by atoms with E-state index in [0.717, 1.165) is 9.99 Å². The zero-order valence-corrected chi connectivity index (χ0v) is 14.4. The highest BCUT2D eigenvalue weighted by Gasteiger charge is 2.28. The number of nitrogens with zero attached hydrogens (tertiary/aromatic N) is 3. The van der Waals surface area contributed by atoms with Gasteiger partial charge in [-0.25, -0.2) is 4.98 Å². The normalized spacial score (nSPS) is 16.9. The van der Waals surface area contributed by atoms with Crippen molar-refractivity contribution < 1.29 is 9.53 Å². The van der Waals surface area contributed by atoms with Crippen LogP contribution in [0, 0.1) is 14.9 Å². The summed E-state index contributed by atoms with van der Waals surface area (Å²) in [5.74, 6) is 0.448. The van der Waals surface area contributed by atoms with Crippen LogP contribution in [0.3, 0.4) is 0 Å². The smallest absolute Gasteiger partial charge is 0.253 e. The van der Waals surface area contributed by atoms with Crippen LogP contribution in [-0.2, 0) is 0 Å². The third kappa shape index (κ3) is 3.79. The fraction of sp³-hybridized carbons (Fsp3) is 0.235. The quantitative estimate of drug-likeness (QED) is 0.718. The molecule has 116 valence electrons. The van der Waals surface area contributed by atoms with E-state index in [4.69, 9.17) is 10.00 Å². The summed E-state index contributed by atoms with van der Waals surface area (Å²) in [6.07, 6.45) is 2.22. The fourth-order valence-electron chi connectivity index (χ4n) is 2.50. The van der Waals surface area contributed by atoms with Crippen molar-refractivity contribution in [3.63, 3.8) is 0 Å². The molecule has 0 bridgehead atoms. The molecule has 0 spiro atoms. The first-order valence-corrected chi connectivity index (χ1v) is 8.31. The van der Waals surface area contributed by atoms with Gasteiger partial charge >= 0.3 is 0 Å². The number of ether oxygens (including phenoxy) is 1. The summed E-state index contributed by atoms with van der Waals surface area (Å²) in [5, 5.41) is 8.90. The predicted octanol–water partition coefficient (Wildman–Crippen LogP) is 2.85. The van der Waals surface area contributed by atoms with Crippen molar-refractivity contribution in [2.75, 3.05) is 13.1 Å². The SMILES string of the molecule is N#Cc1ccnc(OC2CCN(C(=O)c3ccc(I)cc3)C2)c1. The van der Waals surface area contributed by atoms with Gasteiger partial charge in [-0.1, -0.05) is 0 Å². The van der Waals surface area contributed by atoms with Crippen molar-refractivity contribution in [2.24, 2.45) is 0 Å². The molecule has 1 fully saturated rings. The van der Waals surface area contributed by atoms with Crippen molar-refractivity contribution >= 4 is 28.5 Å². The average Bonchev–Trinajstić information content (AvgIpc) is 3.03. The molecule has 1 saturated heterocycles. The maximum Gasteiger partial charge on any atom is 0.253 e. The second-order valence-corrected chi connectivity index (χ2v) is 6.53. The fourth-order valence-corrected chi connectivity index (χ4v) is 2.86. The lowest BCUT2D eigenvalue weighted by atomic mass is 10.2. The highest BCUT2D eigenvalue weighted by atomic mass is 127. The molecule has 6 heteroatoms. The van der Waals surface area contributed by atoms with Gasteiger partial charge in [0.15, 0.2) is 0 Å². The van der Waals surface area contributed by atoms with E-state index in [1.807, 2.05) is 24.3 Å². The zero-order valence-electron chi connectivity index (χ0n) is 12.3. The average molecular weight is 419 g/mol. The highest BCUT2D eigenvalue weighted by molar-refractivity contribution is 14.1. The van der Waals surface area contributed by atoms with E-state index in [1.54, 1.807) is 23.2 Å². The van der Waals surface area contributed by atoms with Gasteiger partial charge in [0.2, 0.25) is 5.88 Å². The Bertz CT molecular complexity index is 755. The molecule has 1 aromatic heterocycles. The van der Waals surface area contributed by atoms with Crippen LogP contribution in [0.2, 0.25) is 0 Å². The van der Waals surface area contributed by atoms with E-state index in [2.05, 4.69) is 33.6 Å². The van der Waals surface area contributed by atoms with Gasteiger partial charge in [0.1, 0.15) is 6.10 Å². The summed E-state index contributed by atoms with van der Waals surface area (Å²) in [5.41, 5.74) is 1.20. The van der Waals surface area contributed by atoms with Crippen LogP contribution in [0.4, 0.5) is 0 Å².